The van der Waals surface area contributed by atoms with E-state index in [0.717, 1.165) is 0 Å². The summed E-state index contributed by atoms with van der Waals surface area (Å²) < 4.78 is 32.2. The lowest BCUT2D eigenvalue weighted by Crippen LogP contribution is -2.48. The number of esters is 1. The summed E-state index contributed by atoms with van der Waals surface area (Å²) in [6, 6.07) is 4.37. The average Bonchev–Trinajstić information content (AvgIpc) is 2.65. The summed E-state index contributed by atoms with van der Waals surface area (Å²) in [7, 11) is -3.87. The van der Waals surface area contributed by atoms with Gasteiger partial charge < -0.3 is 9.64 Å². The minimum Gasteiger partial charge on any atom is -0.465 e. The van der Waals surface area contributed by atoms with Crippen LogP contribution in [0, 0.1) is 5.92 Å². The predicted molar refractivity (Wildman–Crippen MR) is 111 cm³/mol. The van der Waals surface area contributed by atoms with Crippen LogP contribution in [-0.4, -0.2) is 61.8 Å². The molecule has 1 aromatic carbocycles. The number of amides is 1. The number of halogens is 2. The molecule has 0 N–H and O–H groups in total. The molecule has 1 saturated heterocycles. The number of ether oxygens (including phenoxy) is 1. The fourth-order valence-corrected chi connectivity index (χ4v) is 5.86. The molecule has 162 valence electrons. The molecular formula is C19H26Cl2N2O5S. The molecule has 0 unspecified atom stereocenters. The van der Waals surface area contributed by atoms with Gasteiger partial charge >= 0.3 is 5.97 Å². The molecule has 0 atom stereocenters. The second-order valence-electron chi connectivity index (χ2n) is 7.09. The first-order valence-electron chi connectivity index (χ1n) is 9.49. The molecule has 1 heterocycles. The molecule has 10 heteroatoms. The number of hydrogen-bond donors (Lipinski definition) is 0. The van der Waals surface area contributed by atoms with Crippen LogP contribution in [0.25, 0.3) is 0 Å². The maximum absolute atomic E-state index is 13.0. The summed E-state index contributed by atoms with van der Waals surface area (Å²) in [6.45, 7) is 5.85. The summed E-state index contributed by atoms with van der Waals surface area (Å²) in [6.07, 6.45) is 0.707. The summed E-state index contributed by atoms with van der Waals surface area (Å²) in [5.41, 5.74) is 0. The van der Waals surface area contributed by atoms with E-state index in [1.54, 1.807) is 13.0 Å². The lowest BCUT2D eigenvalue weighted by molar-refractivity contribution is -0.152. The normalized spacial score (nSPS) is 16.1. The monoisotopic (exact) mass is 464 g/mol. The van der Waals surface area contributed by atoms with Gasteiger partial charge in [-0.25, -0.2) is 8.42 Å². The number of sulfonamides is 1. The van der Waals surface area contributed by atoms with Crippen LogP contribution in [0.5, 0.6) is 0 Å². The van der Waals surface area contributed by atoms with Crippen LogP contribution in [0.15, 0.2) is 23.1 Å². The Kier molecular flexibility index (Phi) is 8.34. The highest BCUT2D eigenvalue weighted by atomic mass is 35.5. The molecule has 7 nitrogen and oxygen atoms in total. The lowest BCUT2D eigenvalue weighted by Gasteiger charge is -2.35. The Morgan fingerprint density at radius 3 is 2.24 bits per heavy atom. The molecule has 0 saturated carbocycles. The Balaban J connectivity index is 2.09. The van der Waals surface area contributed by atoms with Crippen molar-refractivity contribution in [3.8, 4) is 0 Å². The summed E-state index contributed by atoms with van der Waals surface area (Å²) in [5.74, 6) is -0.983. The van der Waals surface area contributed by atoms with E-state index >= 15 is 0 Å². The molecule has 0 aliphatic carbocycles. The van der Waals surface area contributed by atoms with Crippen LogP contribution in [0.2, 0.25) is 10.0 Å². The number of benzene rings is 1. The van der Waals surface area contributed by atoms with E-state index in [9.17, 15) is 18.0 Å². The van der Waals surface area contributed by atoms with Crippen molar-refractivity contribution in [1.29, 1.82) is 0 Å². The van der Waals surface area contributed by atoms with Gasteiger partial charge in [-0.1, -0.05) is 29.3 Å². The van der Waals surface area contributed by atoms with E-state index in [4.69, 9.17) is 27.9 Å². The topological polar surface area (TPSA) is 84.0 Å². The zero-order chi connectivity index (χ0) is 21.8. The highest BCUT2D eigenvalue weighted by Crippen LogP contribution is 2.33. The molecule has 29 heavy (non-hydrogen) atoms. The van der Waals surface area contributed by atoms with Crippen LogP contribution >= 0.6 is 23.2 Å². The molecule has 0 bridgehead atoms. The lowest BCUT2D eigenvalue weighted by atomic mass is 9.96. The third-order valence-corrected chi connectivity index (χ3v) is 7.69. The van der Waals surface area contributed by atoms with Crippen molar-refractivity contribution < 1.29 is 22.7 Å². The molecular weight excluding hydrogens is 439 g/mol. The third kappa shape index (κ3) is 5.63. The van der Waals surface area contributed by atoms with E-state index in [-0.39, 0.29) is 59.0 Å². The molecule has 1 fully saturated rings. The highest BCUT2D eigenvalue weighted by Gasteiger charge is 2.36. The van der Waals surface area contributed by atoms with Crippen molar-refractivity contribution in [1.82, 2.24) is 9.21 Å². The third-order valence-electron chi connectivity index (χ3n) is 4.83. The molecule has 0 spiro atoms. The smallest absolute Gasteiger partial charge is 0.325 e. The van der Waals surface area contributed by atoms with Crippen molar-refractivity contribution in [2.45, 2.75) is 44.6 Å². The van der Waals surface area contributed by atoms with Gasteiger partial charge in [0, 0.05) is 25.0 Å². The molecule has 1 aromatic rings. The summed E-state index contributed by atoms with van der Waals surface area (Å²) >= 11 is 12.1. The van der Waals surface area contributed by atoms with Gasteiger partial charge in [0.25, 0.3) is 0 Å². The van der Waals surface area contributed by atoms with Gasteiger partial charge in [0.05, 0.1) is 16.7 Å². The maximum Gasteiger partial charge on any atom is 0.325 e. The van der Waals surface area contributed by atoms with Gasteiger partial charge in [-0.15, -0.1) is 0 Å². The van der Waals surface area contributed by atoms with Gasteiger partial charge in [0.15, 0.2) is 0 Å². The van der Waals surface area contributed by atoms with Crippen LogP contribution in [0.4, 0.5) is 0 Å². The first-order valence-corrected chi connectivity index (χ1v) is 11.7. The van der Waals surface area contributed by atoms with Crippen molar-refractivity contribution >= 4 is 45.1 Å². The standard InChI is InChI=1S/C19H26Cl2N2O5S/c1-4-28-17(24)12-23(13(2)3)19(25)14-8-10-22(11-9-14)29(26,27)18-15(20)6-5-7-16(18)21/h5-7,13-14H,4,8-12H2,1-3H3. The largest absolute Gasteiger partial charge is 0.465 e. The van der Waals surface area contributed by atoms with Gasteiger partial charge in [0.2, 0.25) is 15.9 Å². The van der Waals surface area contributed by atoms with Crippen molar-refractivity contribution in [2.24, 2.45) is 5.92 Å². The number of rotatable bonds is 7. The minimum atomic E-state index is -3.87. The second-order valence-corrected chi connectivity index (χ2v) is 9.78. The van der Waals surface area contributed by atoms with E-state index in [1.807, 2.05) is 13.8 Å². The van der Waals surface area contributed by atoms with Crippen LogP contribution in [0.1, 0.15) is 33.6 Å². The molecule has 2 rings (SSSR count). The molecule has 0 aromatic heterocycles. The van der Waals surface area contributed by atoms with E-state index < -0.39 is 16.0 Å². The number of hydrogen-bond acceptors (Lipinski definition) is 5. The molecule has 1 amide bonds. The SMILES string of the molecule is CCOC(=O)CN(C(=O)C1CCN(S(=O)(=O)c2c(Cl)cccc2Cl)CC1)C(C)C. The number of carbonyl (C=O) groups excluding carboxylic acids is 2. The van der Waals surface area contributed by atoms with Gasteiger partial charge in [-0.2, -0.15) is 4.31 Å². The Bertz CT molecular complexity index is 832. The van der Waals surface area contributed by atoms with Gasteiger partial charge in [-0.3, -0.25) is 9.59 Å². The van der Waals surface area contributed by atoms with Gasteiger partial charge in [0.1, 0.15) is 11.4 Å². The Morgan fingerprint density at radius 2 is 1.76 bits per heavy atom. The Labute approximate surface area is 181 Å². The first-order chi connectivity index (χ1) is 13.6. The second kappa shape index (κ2) is 10.1. The van der Waals surface area contributed by atoms with Crippen molar-refractivity contribution in [3.63, 3.8) is 0 Å². The predicted octanol–water partition coefficient (Wildman–Crippen LogP) is 3.19. The van der Waals surface area contributed by atoms with Crippen LogP contribution in [-0.2, 0) is 24.3 Å². The zero-order valence-electron chi connectivity index (χ0n) is 16.7. The van der Waals surface area contributed by atoms with Crippen LogP contribution in [0.3, 0.4) is 0 Å². The minimum absolute atomic E-state index is 0.0659. The fraction of sp³-hybridized carbons (Fsp3) is 0.579. The number of nitrogens with zero attached hydrogens (tertiary/aromatic N) is 2. The first kappa shape index (κ1) is 23.9. The maximum atomic E-state index is 13.0. The highest BCUT2D eigenvalue weighted by molar-refractivity contribution is 7.89. The Hall–Kier alpha value is -1.35. The number of piperidine rings is 1. The van der Waals surface area contributed by atoms with Crippen molar-refractivity contribution in [2.75, 3.05) is 26.2 Å². The quantitative estimate of drug-likeness (QED) is 0.578. The van der Waals surface area contributed by atoms with Crippen molar-refractivity contribution in [3.05, 3.63) is 28.2 Å². The Morgan fingerprint density at radius 1 is 1.21 bits per heavy atom. The fourth-order valence-electron chi connectivity index (χ4n) is 3.30. The number of carbonyl (C=O) groups is 2. The summed E-state index contributed by atoms with van der Waals surface area (Å²) in [4.78, 5) is 26.1. The molecule has 1 aliphatic rings. The molecule has 1 aliphatic heterocycles. The average molecular weight is 465 g/mol. The zero-order valence-corrected chi connectivity index (χ0v) is 19.1. The van der Waals surface area contributed by atoms with Gasteiger partial charge in [-0.05, 0) is 45.7 Å². The van der Waals surface area contributed by atoms with E-state index in [1.165, 1.54) is 21.3 Å². The molecule has 0 radical (unpaired) electrons. The van der Waals surface area contributed by atoms with E-state index in [0.29, 0.717) is 12.8 Å². The van der Waals surface area contributed by atoms with E-state index in [2.05, 4.69) is 0 Å². The summed E-state index contributed by atoms with van der Waals surface area (Å²) in [5, 5.41) is 0.132. The van der Waals surface area contributed by atoms with Crippen LogP contribution < -0.4 is 0 Å².